The number of fused-ring (bicyclic) bond motifs is 1. The van der Waals surface area contributed by atoms with Gasteiger partial charge in [0, 0.05) is 24.6 Å². The maximum atomic E-state index is 12.7. The average molecular weight is 333 g/mol. The molecule has 0 spiro atoms. The fourth-order valence-corrected chi connectivity index (χ4v) is 4.33. The molecule has 4 rings (SSSR count). The number of carbonyl (C=O) groups is 1. The molecule has 122 valence electrons. The summed E-state index contributed by atoms with van der Waals surface area (Å²) in [5.41, 5.74) is -0.343. The number of hydrogen-bond acceptors (Lipinski definition) is 6. The molecule has 2 saturated heterocycles. The van der Waals surface area contributed by atoms with Crippen LogP contribution in [0, 0.1) is 6.92 Å². The highest BCUT2D eigenvalue weighted by Gasteiger charge is 2.53. The Labute approximate surface area is 138 Å². The maximum Gasteiger partial charge on any atom is 0.237 e. The molecular formula is C16H19N3O3S. The van der Waals surface area contributed by atoms with E-state index >= 15 is 0 Å². The Hall–Kier alpha value is -1.73. The molecule has 2 fully saturated rings. The molecule has 7 heteroatoms. The number of rotatable bonds is 3. The van der Waals surface area contributed by atoms with Crippen molar-refractivity contribution in [3.05, 3.63) is 34.1 Å². The van der Waals surface area contributed by atoms with Crippen molar-refractivity contribution < 1.29 is 14.1 Å². The summed E-state index contributed by atoms with van der Waals surface area (Å²) < 4.78 is 11.4. The Morgan fingerprint density at radius 1 is 1.57 bits per heavy atom. The lowest BCUT2D eigenvalue weighted by Gasteiger charge is -2.41. The van der Waals surface area contributed by atoms with Crippen LogP contribution < -0.4 is 0 Å². The third-order valence-electron chi connectivity index (χ3n) is 4.83. The molecule has 2 aromatic rings. The van der Waals surface area contributed by atoms with E-state index in [-0.39, 0.29) is 17.4 Å². The van der Waals surface area contributed by atoms with E-state index in [0.29, 0.717) is 31.3 Å². The van der Waals surface area contributed by atoms with Gasteiger partial charge < -0.3 is 14.2 Å². The standard InChI is InChI=1S/C16H19N3O3S/c1-11-17-15(22-18-11)16-5-7-21-13(16)4-6-19(10-16)14(20)9-12-3-2-8-23-12/h2-3,8,13H,4-7,9-10H2,1H3/t13-,16-/m0/s1. The van der Waals surface area contributed by atoms with Crippen LogP contribution in [0.3, 0.4) is 0 Å². The smallest absolute Gasteiger partial charge is 0.237 e. The summed E-state index contributed by atoms with van der Waals surface area (Å²) in [6.45, 7) is 3.82. The van der Waals surface area contributed by atoms with Gasteiger partial charge in [-0.15, -0.1) is 11.3 Å². The number of piperidine rings is 1. The van der Waals surface area contributed by atoms with E-state index in [1.54, 1.807) is 11.3 Å². The van der Waals surface area contributed by atoms with Gasteiger partial charge in [-0.2, -0.15) is 4.98 Å². The molecule has 2 aliphatic rings. The summed E-state index contributed by atoms with van der Waals surface area (Å²) >= 11 is 1.62. The molecule has 0 aliphatic carbocycles. The second kappa shape index (κ2) is 5.72. The molecule has 0 aromatic carbocycles. The van der Waals surface area contributed by atoms with Crippen molar-refractivity contribution in [2.45, 2.75) is 37.7 Å². The van der Waals surface area contributed by atoms with E-state index in [1.807, 2.05) is 29.3 Å². The minimum atomic E-state index is -0.343. The van der Waals surface area contributed by atoms with Gasteiger partial charge in [0.25, 0.3) is 0 Å². The molecule has 1 amide bonds. The normalized spacial score (nSPS) is 27.2. The largest absolute Gasteiger partial charge is 0.377 e. The number of aromatic nitrogens is 2. The van der Waals surface area contributed by atoms with Crippen LogP contribution in [-0.4, -0.2) is 46.7 Å². The van der Waals surface area contributed by atoms with Crippen molar-refractivity contribution in [2.75, 3.05) is 19.7 Å². The summed E-state index contributed by atoms with van der Waals surface area (Å²) in [5, 5.41) is 5.94. The second-order valence-electron chi connectivity index (χ2n) is 6.27. The molecule has 6 nitrogen and oxygen atoms in total. The minimum absolute atomic E-state index is 0.0631. The first-order valence-corrected chi connectivity index (χ1v) is 8.78. The number of carbonyl (C=O) groups excluding carboxylic acids is 1. The second-order valence-corrected chi connectivity index (χ2v) is 7.30. The monoisotopic (exact) mass is 333 g/mol. The number of likely N-dealkylation sites (tertiary alicyclic amines) is 1. The van der Waals surface area contributed by atoms with Gasteiger partial charge >= 0.3 is 0 Å². The molecule has 0 unspecified atom stereocenters. The van der Waals surface area contributed by atoms with Gasteiger partial charge in [0.15, 0.2) is 5.82 Å². The first kappa shape index (κ1) is 14.8. The maximum absolute atomic E-state index is 12.7. The van der Waals surface area contributed by atoms with Crippen molar-refractivity contribution in [3.63, 3.8) is 0 Å². The Morgan fingerprint density at radius 2 is 2.48 bits per heavy atom. The SMILES string of the molecule is Cc1noc([C@]23CCO[C@H]2CCN(C(=O)Cc2cccs2)C3)n1. The third kappa shape index (κ3) is 2.57. The molecule has 2 atom stereocenters. The highest BCUT2D eigenvalue weighted by atomic mass is 32.1. The lowest BCUT2D eigenvalue weighted by Crippen LogP contribution is -2.54. The third-order valence-corrected chi connectivity index (χ3v) is 5.71. The summed E-state index contributed by atoms with van der Waals surface area (Å²) in [7, 11) is 0. The molecule has 0 N–H and O–H groups in total. The quantitative estimate of drug-likeness (QED) is 0.859. The zero-order valence-electron chi connectivity index (χ0n) is 13.0. The van der Waals surface area contributed by atoms with Crippen molar-refractivity contribution in [3.8, 4) is 0 Å². The van der Waals surface area contributed by atoms with Crippen LogP contribution in [0.15, 0.2) is 22.0 Å². The highest BCUT2D eigenvalue weighted by Crippen LogP contribution is 2.42. The van der Waals surface area contributed by atoms with E-state index in [4.69, 9.17) is 9.26 Å². The van der Waals surface area contributed by atoms with E-state index in [1.165, 1.54) is 0 Å². The zero-order valence-corrected chi connectivity index (χ0v) is 13.8. The Morgan fingerprint density at radius 3 is 3.22 bits per heavy atom. The van der Waals surface area contributed by atoms with Crippen LogP contribution >= 0.6 is 11.3 Å². The van der Waals surface area contributed by atoms with Crippen molar-refractivity contribution in [2.24, 2.45) is 0 Å². The van der Waals surface area contributed by atoms with Gasteiger partial charge in [-0.1, -0.05) is 11.2 Å². The van der Waals surface area contributed by atoms with Crippen molar-refractivity contribution in [1.82, 2.24) is 15.0 Å². The molecular weight excluding hydrogens is 314 g/mol. The van der Waals surface area contributed by atoms with Crippen LogP contribution in [-0.2, 0) is 21.4 Å². The van der Waals surface area contributed by atoms with Crippen molar-refractivity contribution in [1.29, 1.82) is 0 Å². The topological polar surface area (TPSA) is 68.5 Å². The van der Waals surface area contributed by atoms with Crippen LogP contribution in [0.4, 0.5) is 0 Å². The molecule has 4 heterocycles. The number of hydrogen-bond donors (Lipinski definition) is 0. The van der Waals surface area contributed by atoms with E-state index in [9.17, 15) is 4.79 Å². The number of ether oxygens (including phenoxy) is 1. The summed E-state index contributed by atoms with van der Waals surface area (Å²) in [4.78, 5) is 20.1. The number of aryl methyl sites for hydroxylation is 1. The van der Waals surface area contributed by atoms with Gasteiger partial charge in [-0.25, -0.2) is 0 Å². The van der Waals surface area contributed by atoms with E-state index < -0.39 is 0 Å². The van der Waals surface area contributed by atoms with Gasteiger partial charge in [-0.3, -0.25) is 4.79 Å². The van der Waals surface area contributed by atoms with Gasteiger partial charge in [0.2, 0.25) is 11.8 Å². The Bertz CT molecular complexity index is 699. The molecule has 0 bridgehead atoms. The molecule has 2 aliphatic heterocycles. The number of thiophene rings is 1. The first-order chi connectivity index (χ1) is 11.2. The van der Waals surface area contributed by atoms with Crippen LogP contribution in [0.2, 0.25) is 0 Å². The Balaban J connectivity index is 1.57. The number of amides is 1. The van der Waals surface area contributed by atoms with Crippen LogP contribution in [0.25, 0.3) is 0 Å². The molecule has 0 radical (unpaired) electrons. The lowest BCUT2D eigenvalue weighted by molar-refractivity contribution is -0.134. The van der Waals surface area contributed by atoms with Gasteiger partial charge in [0.1, 0.15) is 0 Å². The Kier molecular flexibility index (Phi) is 3.69. The lowest BCUT2D eigenvalue weighted by atomic mass is 9.76. The van der Waals surface area contributed by atoms with Gasteiger partial charge in [-0.05, 0) is 31.2 Å². The first-order valence-electron chi connectivity index (χ1n) is 7.90. The number of nitrogens with zero attached hydrogens (tertiary/aromatic N) is 3. The summed E-state index contributed by atoms with van der Waals surface area (Å²) in [5.74, 6) is 1.40. The van der Waals surface area contributed by atoms with Crippen LogP contribution in [0.1, 0.15) is 29.4 Å². The molecule has 2 aromatic heterocycles. The van der Waals surface area contributed by atoms with E-state index in [2.05, 4.69) is 10.1 Å². The summed E-state index contributed by atoms with van der Waals surface area (Å²) in [6.07, 6.45) is 2.16. The fourth-order valence-electron chi connectivity index (χ4n) is 3.64. The predicted molar refractivity (Wildman–Crippen MR) is 84.3 cm³/mol. The molecule has 0 saturated carbocycles. The highest BCUT2D eigenvalue weighted by molar-refractivity contribution is 7.10. The average Bonchev–Trinajstić information content (AvgIpc) is 3.26. The fraction of sp³-hybridized carbons (Fsp3) is 0.562. The zero-order chi connectivity index (χ0) is 15.9. The molecule has 23 heavy (non-hydrogen) atoms. The predicted octanol–water partition coefficient (Wildman–Crippen LogP) is 1.94. The summed E-state index contributed by atoms with van der Waals surface area (Å²) in [6, 6.07) is 3.98. The minimum Gasteiger partial charge on any atom is -0.377 e. The van der Waals surface area contributed by atoms with E-state index in [0.717, 1.165) is 24.3 Å². The van der Waals surface area contributed by atoms with Crippen LogP contribution in [0.5, 0.6) is 0 Å². The van der Waals surface area contributed by atoms with Gasteiger partial charge in [0.05, 0.1) is 17.9 Å². The van der Waals surface area contributed by atoms with Crippen molar-refractivity contribution >= 4 is 17.2 Å².